The highest BCUT2D eigenvalue weighted by Crippen LogP contribution is 2.54. The SMILES string of the molecule is CCOc1cncc(C(=O)N[C@H](C)c2ccc(C(=C3CC4(C3)CN(C(=O)OC(C)(C)C)C4)c3ccc(F)cc3)cc2)c1. The molecule has 2 aliphatic rings. The van der Waals surface area contributed by atoms with Crippen LogP contribution in [0, 0.1) is 11.2 Å². The van der Waals surface area contributed by atoms with Crippen molar-refractivity contribution in [3.63, 3.8) is 0 Å². The number of rotatable bonds is 7. The Morgan fingerprint density at radius 3 is 2.21 bits per heavy atom. The lowest BCUT2D eigenvalue weighted by Crippen LogP contribution is -2.62. The molecule has 1 aromatic heterocycles. The number of hydrogen-bond acceptors (Lipinski definition) is 5. The van der Waals surface area contributed by atoms with Crippen molar-refractivity contribution in [3.8, 4) is 5.75 Å². The molecule has 1 atom stereocenters. The number of allylic oxidation sites excluding steroid dienone is 1. The molecule has 42 heavy (non-hydrogen) atoms. The van der Waals surface area contributed by atoms with E-state index in [0.29, 0.717) is 31.0 Å². The van der Waals surface area contributed by atoms with Gasteiger partial charge in [0.25, 0.3) is 5.91 Å². The number of benzene rings is 2. The van der Waals surface area contributed by atoms with Crippen LogP contribution in [-0.2, 0) is 4.74 Å². The van der Waals surface area contributed by atoms with Crippen molar-refractivity contribution in [2.24, 2.45) is 5.41 Å². The number of amides is 2. The smallest absolute Gasteiger partial charge is 0.410 e. The van der Waals surface area contributed by atoms with Gasteiger partial charge in [0, 0.05) is 24.7 Å². The Morgan fingerprint density at radius 2 is 1.62 bits per heavy atom. The van der Waals surface area contributed by atoms with Crippen LogP contribution in [0.1, 0.15) is 80.6 Å². The number of carbonyl (C=O) groups is 2. The number of carbonyl (C=O) groups excluding carboxylic acids is 2. The summed E-state index contributed by atoms with van der Waals surface area (Å²) in [6.45, 7) is 11.3. The molecule has 2 heterocycles. The molecule has 0 unspecified atom stereocenters. The van der Waals surface area contributed by atoms with Crippen LogP contribution in [0.2, 0.25) is 0 Å². The molecule has 1 N–H and O–H groups in total. The third-order valence-corrected chi connectivity index (χ3v) is 7.70. The molecule has 1 spiro atoms. The lowest BCUT2D eigenvalue weighted by Gasteiger charge is -2.57. The van der Waals surface area contributed by atoms with Gasteiger partial charge in [-0.05, 0) is 87.9 Å². The van der Waals surface area contributed by atoms with E-state index in [1.165, 1.54) is 23.9 Å². The number of nitrogens with zero attached hydrogens (tertiary/aromatic N) is 2. The van der Waals surface area contributed by atoms with E-state index < -0.39 is 5.60 Å². The first-order chi connectivity index (χ1) is 19.9. The molecule has 7 nitrogen and oxygen atoms in total. The van der Waals surface area contributed by atoms with Crippen LogP contribution in [0.25, 0.3) is 5.57 Å². The van der Waals surface area contributed by atoms with E-state index in [-0.39, 0.29) is 29.3 Å². The van der Waals surface area contributed by atoms with Crippen LogP contribution in [-0.4, -0.2) is 47.2 Å². The lowest BCUT2D eigenvalue weighted by molar-refractivity contribution is -0.0500. The van der Waals surface area contributed by atoms with Gasteiger partial charge in [-0.2, -0.15) is 0 Å². The van der Waals surface area contributed by atoms with Crippen LogP contribution in [0.3, 0.4) is 0 Å². The van der Waals surface area contributed by atoms with Crippen LogP contribution in [0.5, 0.6) is 5.75 Å². The number of halogens is 1. The summed E-state index contributed by atoms with van der Waals surface area (Å²) in [4.78, 5) is 31.2. The van der Waals surface area contributed by atoms with Gasteiger partial charge in [0.1, 0.15) is 17.2 Å². The average molecular weight is 572 g/mol. The summed E-state index contributed by atoms with van der Waals surface area (Å²) in [7, 11) is 0. The Labute approximate surface area is 246 Å². The third-order valence-electron chi connectivity index (χ3n) is 7.70. The first-order valence-corrected chi connectivity index (χ1v) is 14.4. The van der Waals surface area contributed by atoms with Gasteiger partial charge in [-0.3, -0.25) is 9.78 Å². The fraction of sp³-hybridized carbons (Fsp3) is 0.382. The Morgan fingerprint density at radius 1 is 1.00 bits per heavy atom. The van der Waals surface area contributed by atoms with Gasteiger partial charge in [0.05, 0.1) is 24.4 Å². The summed E-state index contributed by atoms with van der Waals surface area (Å²) in [6.07, 6.45) is 4.60. The van der Waals surface area contributed by atoms with Gasteiger partial charge in [-0.1, -0.05) is 42.0 Å². The second kappa shape index (κ2) is 11.6. The molecule has 0 bridgehead atoms. The maximum Gasteiger partial charge on any atom is 0.410 e. The molecule has 0 radical (unpaired) electrons. The topological polar surface area (TPSA) is 80.8 Å². The van der Waals surface area contributed by atoms with Crippen molar-refractivity contribution in [1.82, 2.24) is 15.2 Å². The molecule has 2 amide bonds. The standard InChI is InChI=1S/C34H38FN3O4/c1-6-41-29-15-26(18-36-19-29)31(39)37-22(2)23-7-9-24(10-8-23)30(25-11-13-28(35)14-12-25)27-16-34(17-27)20-38(21-34)32(40)42-33(3,4)5/h7-15,18-19,22H,6,16-17,20-21H2,1-5H3,(H,37,39)/t22-/m1/s1. The van der Waals surface area contributed by atoms with Gasteiger partial charge in [-0.15, -0.1) is 0 Å². The maximum atomic E-state index is 13.8. The number of pyridine rings is 1. The highest BCUT2D eigenvalue weighted by atomic mass is 19.1. The number of aromatic nitrogens is 1. The number of likely N-dealkylation sites (tertiary alicyclic amines) is 1. The summed E-state index contributed by atoms with van der Waals surface area (Å²) in [5.41, 5.74) is 5.34. The van der Waals surface area contributed by atoms with Gasteiger partial charge in [0.15, 0.2) is 0 Å². The van der Waals surface area contributed by atoms with Gasteiger partial charge in [-0.25, -0.2) is 9.18 Å². The summed E-state index contributed by atoms with van der Waals surface area (Å²) < 4.78 is 24.8. The average Bonchev–Trinajstić information content (AvgIpc) is 2.89. The molecule has 2 aromatic carbocycles. The predicted molar refractivity (Wildman–Crippen MR) is 160 cm³/mol. The van der Waals surface area contributed by atoms with E-state index in [0.717, 1.165) is 35.1 Å². The Balaban J connectivity index is 1.30. The maximum absolute atomic E-state index is 13.8. The van der Waals surface area contributed by atoms with Crippen molar-refractivity contribution in [1.29, 1.82) is 0 Å². The zero-order valence-electron chi connectivity index (χ0n) is 24.9. The third kappa shape index (κ3) is 6.48. The summed E-state index contributed by atoms with van der Waals surface area (Å²) >= 11 is 0. The molecule has 1 aliphatic heterocycles. The molecule has 5 rings (SSSR count). The molecule has 1 aliphatic carbocycles. The first-order valence-electron chi connectivity index (χ1n) is 14.4. The Bertz CT molecular complexity index is 1480. The number of ether oxygens (including phenoxy) is 2. The van der Waals surface area contributed by atoms with Crippen LogP contribution in [0.4, 0.5) is 9.18 Å². The Hall–Kier alpha value is -4.20. The van der Waals surface area contributed by atoms with Gasteiger partial charge in [0.2, 0.25) is 0 Å². The normalized spacial score (nSPS) is 16.2. The highest BCUT2D eigenvalue weighted by Gasteiger charge is 2.53. The van der Waals surface area contributed by atoms with E-state index in [1.54, 1.807) is 17.2 Å². The summed E-state index contributed by atoms with van der Waals surface area (Å²) in [5, 5.41) is 3.04. The number of hydrogen-bond donors (Lipinski definition) is 1. The summed E-state index contributed by atoms with van der Waals surface area (Å²) in [6, 6.07) is 16.2. The van der Waals surface area contributed by atoms with Crippen molar-refractivity contribution in [2.75, 3.05) is 19.7 Å². The minimum absolute atomic E-state index is 0.0740. The lowest BCUT2D eigenvalue weighted by atomic mass is 9.59. The summed E-state index contributed by atoms with van der Waals surface area (Å²) in [5.74, 6) is 0.0539. The molecular formula is C34H38FN3O4. The molecule has 220 valence electrons. The second-order valence-electron chi connectivity index (χ2n) is 12.3. The van der Waals surface area contributed by atoms with Crippen LogP contribution in [0.15, 0.2) is 72.6 Å². The monoisotopic (exact) mass is 571 g/mol. The minimum atomic E-state index is -0.515. The van der Waals surface area contributed by atoms with E-state index >= 15 is 0 Å². The predicted octanol–water partition coefficient (Wildman–Crippen LogP) is 6.94. The highest BCUT2D eigenvalue weighted by molar-refractivity contribution is 5.94. The van der Waals surface area contributed by atoms with E-state index in [2.05, 4.69) is 22.4 Å². The molecular weight excluding hydrogens is 533 g/mol. The second-order valence-corrected chi connectivity index (χ2v) is 12.3. The zero-order chi connectivity index (χ0) is 30.1. The van der Waals surface area contributed by atoms with E-state index in [9.17, 15) is 14.0 Å². The zero-order valence-corrected chi connectivity index (χ0v) is 24.9. The van der Waals surface area contributed by atoms with Crippen LogP contribution >= 0.6 is 0 Å². The largest absolute Gasteiger partial charge is 0.492 e. The van der Waals surface area contributed by atoms with Crippen LogP contribution < -0.4 is 10.1 Å². The molecule has 8 heteroatoms. The van der Waals surface area contributed by atoms with Crippen molar-refractivity contribution in [3.05, 3.63) is 101 Å². The minimum Gasteiger partial charge on any atom is -0.492 e. The molecule has 3 aromatic rings. The van der Waals surface area contributed by atoms with E-state index in [1.807, 2.05) is 58.9 Å². The fourth-order valence-corrected chi connectivity index (χ4v) is 5.75. The molecule has 2 fully saturated rings. The first kappa shape index (κ1) is 29.3. The Kier molecular flexibility index (Phi) is 8.08. The van der Waals surface area contributed by atoms with Crippen molar-refractivity contribution < 1.29 is 23.5 Å². The fourth-order valence-electron chi connectivity index (χ4n) is 5.75. The van der Waals surface area contributed by atoms with Crippen molar-refractivity contribution in [2.45, 2.75) is 59.1 Å². The molecule has 1 saturated heterocycles. The van der Waals surface area contributed by atoms with Crippen molar-refractivity contribution >= 4 is 17.6 Å². The van der Waals surface area contributed by atoms with Gasteiger partial charge < -0.3 is 19.7 Å². The molecule has 1 saturated carbocycles. The van der Waals surface area contributed by atoms with Gasteiger partial charge >= 0.3 is 6.09 Å². The van der Waals surface area contributed by atoms with E-state index in [4.69, 9.17) is 9.47 Å². The number of nitrogens with one attached hydrogen (secondary N) is 1. The quantitative estimate of drug-likeness (QED) is 0.332.